The number of nitrogens with zero attached hydrogens (tertiary/aromatic N) is 2. The van der Waals surface area contributed by atoms with Gasteiger partial charge in [0.25, 0.3) is 0 Å². The van der Waals surface area contributed by atoms with E-state index in [1.165, 1.54) is 0 Å². The maximum atomic E-state index is 6.11. The van der Waals surface area contributed by atoms with Gasteiger partial charge >= 0.3 is 0 Å². The zero-order valence-electron chi connectivity index (χ0n) is 7.66. The van der Waals surface area contributed by atoms with Gasteiger partial charge in [0.05, 0.1) is 23.1 Å². The predicted molar refractivity (Wildman–Crippen MR) is 54.3 cm³/mol. The zero-order chi connectivity index (χ0) is 9.42. The van der Waals surface area contributed by atoms with Crippen molar-refractivity contribution >= 4 is 17.1 Å². The fraction of sp³-hybridized carbons (Fsp3) is 0.300. The van der Waals surface area contributed by atoms with Crippen molar-refractivity contribution in [3.8, 4) is 0 Å². The van der Waals surface area contributed by atoms with Gasteiger partial charge in [0.15, 0.2) is 0 Å². The summed E-state index contributed by atoms with van der Waals surface area (Å²) in [5, 5.41) is 0.806. The summed E-state index contributed by atoms with van der Waals surface area (Å²) in [4.78, 5) is 4.09. The Morgan fingerprint density at radius 3 is 2.85 bits per heavy atom. The molecule has 2 nitrogen and oxygen atoms in total. The summed E-state index contributed by atoms with van der Waals surface area (Å²) in [7, 11) is 0. The van der Waals surface area contributed by atoms with Crippen molar-refractivity contribution in [3.05, 3.63) is 35.4 Å². The molecule has 0 fully saturated rings. The van der Waals surface area contributed by atoms with E-state index in [4.69, 9.17) is 11.6 Å². The standard InChI is InChI=1S/C10H11ClN2/c1-7(2)10-9(11)4-3-8-5-12-6-13(8)10/h3-7H,1-2H3. The Morgan fingerprint density at radius 2 is 2.15 bits per heavy atom. The fourth-order valence-corrected chi connectivity index (χ4v) is 1.92. The Kier molecular flexibility index (Phi) is 2.00. The van der Waals surface area contributed by atoms with Gasteiger partial charge in [-0.1, -0.05) is 25.4 Å². The van der Waals surface area contributed by atoms with Crippen molar-refractivity contribution in [2.45, 2.75) is 19.8 Å². The summed E-state index contributed by atoms with van der Waals surface area (Å²) in [6.45, 7) is 4.25. The Hall–Kier alpha value is -1.02. The third kappa shape index (κ3) is 1.31. The summed E-state index contributed by atoms with van der Waals surface area (Å²) >= 11 is 6.11. The van der Waals surface area contributed by atoms with Gasteiger partial charge in [0.2, 0.25) is 0 Å². The lowest BCUT2D eigenvalue weighted by atomic mass is 10.1. The minimum atomic E-state index is 0.408. The van der Waals surface area contributed by atoms with Crippen LogP contribution in [0.5, 0.6) is 0 Å². The number of halogens is 1. The smallest absolute Gasteiger partial charge is 0.0994 e. The van der Waals surface area contributed by atoms with Crippen molar-refractivity contribution in [2.75, 3.05) is 0 Å². The number of aromatic nitrogens is 2. The van der Waals surface area contributed by atoms with E-state index in [2.05, 4.69) is 18.8 Å². The second-order valence-electron chi connectivity index (χ2n) is 3.41. The fourth-order valence-electron chi connectivity index (χ4n) is 1.54. The molecule has 68 valence electrons. The minimum Gasteiger partial charge on any atom is -0.302 e. The molecule has 0 unspecified atom stereocenters. The maximum Gasteiger partial charge on any atom is 0.0994 e. The highest BCUT2D eigenvalue weighted by atomic mass is 35.5. The van der Waals surface area contributed by atoms with E-state index in [0.717, 1.165) is 16.2 Å². The van der Waals surface area contributed by atoms with E-state index in [9.17, 15) is 0 Å². The predicted octanol–water partition coefficient (Wildman–Crippen LogP) is 3.11. The molecule has 0 aliphatic carbocycles. The number of hydrogen-bond acceptors (Lipinski definition) is 1. The second kappa shape index (κ2) is 3.04. The first-order valence-corrected chi connectivity index (χ1v) is 4.68. The summed E-state index contributed by atoms with van der Waals surface area (Å²) in [5.41, 5.74) is 2.21. The van der Waals surface area contributed by atoms with Crippen molar-refractivity contribution < 1.29 is 0 Å². The van der Waals surface area contributed by atoms with Crippen LogP contribution in [0.15, 0.2) is 24.7 Å². The largest absolute Gasteiger partial charge is 0.302 e. The van der Waals surface area contributed by atoms with Crippen molar-refractivity contribution in [3.63, 3.8) is 0 Å². The Labute approximate surface area is 82.2 Å². The van der Waals surface area contributed by atoms with E-state index >= 15 is 0 Å². The molecule has 0 aromatic carbocycles. The quantitative estimate of drug-likeness (QED) is 0.682. The van der Waals surface area contributed by atoms with Crippen LogP contribution in [0.25, 0.3) is 5.52 Å². The number of hydrogen-bond donors (Lipinski definition) is 0. The summed E-state index contributed by atoms with van der Waals surface area (Å²) in [5.74, 6) is 0.408. The van der Waals surface area contributed by atoms with Crippen LogP contribution in [0, 0.1) is 0 Å². The number of pyridine rings is 1. The molecule has 0 bridgehead atoms. The maximum absolute atomic E-state index is 6.11. The molecule has 2 rings (SSSR count). The molecule has 0 saturated heterocycles. The lowest BCUT2D eigenvalue weighted by molar-refractivity contribution is 0.800. The third-order valence-electron chi connectivity index (χ3n) is 2.12. The molecular formula is C10H11ClN2. The van der Waals surface area contributed by atoms with Crippen molar-refractivity contribution in [1.82, 2.24) is 9.38 Å². The van der Waals surface area contributed by atoms with Crippen LogP contribution in [-0.4, -0.2) is 9.38 Å². The van der Waals surface area contributed by atoms with Crippen molar-refractivity contribution in [1.29, 1.82) is 0 Å². The summed E-state index contributed by atoms with van der Waals surface area (Å²) in [6.07, 6.45) is 3.64. The second-order valence-corrected chi connectivity index (χ2v) is 3.82. The van der Waals surface area contributed by atoms with Gasteiger partial charge in [0, 0.05) is 5.69 Å². The molecule has 0 radical (unpaired) electrons. The highest BCUT2D eigenvalue weighted by Gasteiger charge is 2.09. The van der Waals surface area contributed by atoms with Gasteiger partial charge in [0.1, 0.15) is 0 Å². The van der Waals surface area contributed by atoms with E-state index in [-0.39, 0.29) is 0 Å². The number of fused-ring (bicyclic) bond motifs is 1. The average Bonchev–Trinajstić information content (AvgIpc) is 2.50. The molecule has 0 aliphatic rings. The van der Waals surface area contributed by atoms with Gasteiger partial charge in [-0.25, -0.2) is 4.98 Å². The molecule has 13 heavy (non-hydrogen) atoms. The van der Waals surface area contributed by atoms with Gasteiger partial charge in [-0.05, 0) is 18.1 Å². The molecule has 2 heterocycles. The normalized spacial score (nSPS) is 11.4. The monoisotopic (exact) mass is 194 g/mol. The van der Waals surface area contributed by atoms with Crippen LogP contribution >= 0.6 is 11.6 Å². The molecule has 0 amide bonds. The highest BCUT2D eigenvalue weighted by Crippen LogP contribution is 2.25. The van der Waals surface area contributed by atoms with E-state index in [1.807, 2.05) is 22.7 Å². The number of rotatable bonds is 1. The Balaban J connectivity index is 2.80. The molecule has 0 aliphatic heterocycles. The van der Waals surface area contributed by atoms with Gasteiger partial charge in [-0.2, -0.15) is 0 Å². The first-order chi connectivity index (χ1) is 6.20. The topological polar surface area (TPSA) is 17.3 Å². The number of imidazole rings is 1. The SMILES string of the molecule is CC(C)c1c(Cl)ccc2cncn12. The van der Waals surface area contributed by atoms with Crippen LogP contribution in [-0.2, 0) is 0 Å². The summed E-state index contributed by atoms with van der Waals surface area (Å²) in [6, 6.07) is 3.90. The first-order valence-electron chi connectivity index (χ1n) is 4.30. The minimum absolute atomic E-state index is 0.408. The van der Waals surface area contributed by atoms with Crippen LogP contribution in [0.2, 0.25) is 5.02 Å². The molecule has 0 saturated carbocycles. The van der Waals surface area contributed by atoms with E-state index in [0.29, 0.717) is 5.92 Å². The molecule has 3 heteroatoms. The average molecular weight is 195 g/mol. The van der Waals surface area contributed by atoms with Gasteiger partial charge in [-0.3, -0.25) is 0 Å². The molecular weight excluding hydrogens is 184 g/mol. The molecule has 2 aromatic rings. The van der Waals surface area contributed by atoms with E-state index in [1.54, 1.807) is 6.33 Å². The van der Waals surface area contributed by atoms with E-state index < -0.39 is 0 Å². The third-order valence-corrected chi connectivity index (χ3v) is 2.44. The van der Waals surface area contributed by atoms with Gasteiger partial charge < -0.3 is 4.40 Å². The van der Waals surface area contributed by atoms with Gasteiger partial charge in [-0.15, -0.1) is 0 Å². The first kappa shape index (κ1) is 8.57. The molecule has 0 N–H and O–H groups in total. The molecule has 0 spiro atoms. The van der Waals surface area contributed by atoms with Crippen LogP contribution < -0.4 is 0 Å². The van der Waals surface area contributed by atoms with Crippen LogP contribution in [0.1, 0.15) is 25.5 Å². The van der Waals surface area contributed by atoms with Crippen molar-refractivity contribution in [2.24, 2.45) is 0 Å². The zero-order valence-corrected chi connectivity index (χ0v) is 8.42. The Bertz CT molecular complexity index is 431. The summed E-state index contributed by atoms with van der Waals surface area (Å²) < 4.78 is 2.03. The lowest BCUT2D eigenvalue weighted by Crippen LogP contribution is -1.98. The Morgan fingerprint density at radius 1 is 1.38 bits per heavy atom. The van der Waals surface area contributed by atoms with Crippen LogP contribution in [0.4, 0.5) is 0 Å². The highest BCUT2D eigenvalue weighted by molar-refractivity contribution is 6.31. The molecule has 2 aromatic heterocycles. The molecule has 0 atom stereocenters. The van der Waals surface area contributed by atoms with Crippen LogP contribution in [0.3, 0.4) is 0 Å². The lowest BCUT2D eigenvalue weighted by Gasteiger charge is -2.10.